The number of carbonyl (C=O) groups excluding carboxylic acids is 1. The van der Waals surface area contributed by atoms with E-state index in [4.69, 9.17) is 9.84 Å². The fourth-order valence-corrected chi connectivity index (χ4v) is 6.25. The van der Waals surface area contributed by atoms with Gasteiger partial charge in [0.25, 0.3) is 0 Å². The molecule has 3 atom stereocenters. The number of hydrogen-bond acceptors (Lipinski definition) is 5. The third-order valence-electron chi connectivity index (χ3n) is 5.90. The van der Waals surface area contributed by atoms with Gasteiger partial charge in [0.2, 0.25) is 15.9 Å². The van der Waals surface area contributed by atoms with E-state index >= 15 is 0 Å². The van der Waals surface area contributed by atoms with Crippen LogP contribution in [0.1, 0.15) is 37.0 Å². The summed E-state index contributed by atoms with van der Waals surface area (Å²) in [6.07, 6.45) is 0.506. The van der Waals surface area contributed by atoms with Gasteiger partial charge < -0.3 is 14.7 Å². The predicted molar refractivity (Wildman–Crippen MR) is 94.5 cm³/mol. The highest BCUT2D eigenvalue weighted by Crippen LogP contribution is 2.50. The topological polar surface area (TPSA) is 104 Å². The molecule has 0 aliphatic carbocycles. The van der Waals surface area contributed by atoms with Gasteiger partial charge in [0.15, 0.2) is 5.72 Å². The van der Waals surface area contributed by atoms with Crippen LogP contribution in [0.2, 0.25) is 0 Å². The SMILES string of the molecule is CC(C)[C@@H]1CO[C@@]23CCN(S(=O)(=O)c4cccc(C(=O)O)c4)[C@@H]2CC(=O)N13. The van der Waals surface area contributed by atoms with Crippen LogP contribution in [0.5, 0.6) is 0 Å². The molecule has 3 aliphatic heterocycles. The van der Waals surface area contributed by atoms with Crippen molar-refractivity contribution in [2.24, 2.45) is 5.92 Å². The number of carbonyl (C=O) groups is 2. The first-order valence-electron chi connectivity index (χ1n) is 9.00. The molecule has 1 aromatic carbocycles. The Balaban J connectivity index is 1.70. The molecule has 3 heterocycles. The van der Waals surface area contributed by atoms with Crippen LogP contribution in [0.15, 0.2) is 29.2 Å². The van der Waals surface area contributed by atoms with Crippen LogP contribution in [0, 0.1) is 5.92 Å². The minimum atomic E-state index is -3.94. The largest absolute Gasteiger partial charge is 0.478 e. The Bertz CT molecular complexity index is 914. The van der Waals surface area contributed by atoms with Crippen LogP contribution in [-0.2, 0) is 19.6 Å². The Morgan fingerprint density at radius 3 is 2.78 bits per heavy atom. The summed E-state index contributed by atoms with van der Waals surface area (Å²) in [7, 11) is -3.94. The number of benzene rings is 1. The van der Waals surface area contributed by atoms with Gasteiger partial charge in [-0.15, -0.1) is 0 Å². The van der Waals surface area contributed by atoms with Gasteiger partial charge in [-0.05, 0) is 24.1 Å². The number of hydrogen-bond donors (Lipinski definition) is 1. The highest BCUT2D eigenvalue weighted by molar-refractivity contribution is 7.89. The molecule has 1 spiro atoms. The van der Waals surface area contributed by atoms with Crippen molar-refractivity contribution in [3.8, 4) is 0 Å². The van der Waals surface area contributed by atoms with E-state index in [0.29, 0.717) is 13.0 Å². The number of ether oxygens (including phenoxy) is 1. The van der Waals surface area contributed by atoms with E-state index in [-0.39, 0.29) is 41.3 Å². The second-order valence-corrected chi connectivity index (χ2v) is 9.54. The van der Waals surface area contributed by atoms with Crippen molar-refractivity contribution >= 4 is 21.9 Å². The molecule has 8 nitrogen and oxygen atoms in total. The van der Waals surface area contributed by atoms with Crippen molar-refractivity contribution in [2.75, 3.05) is 13.2 Å². The maximum absolute atomic E-state index is 13.2. The van der Waals surface area contributed by atoms with Crippen molar-refractivity contribution in [3.05, 3.63) is 29.8 Å². The van der Waals surface area contributed by atoms with Crippen LogP contribution < -0.4 is 0 Å². The predicted octanol–water partition coefficient (Wildman–Crippen LogP) is 1.13. The lowest BCUT2D eigenvalue weighted by Crippen LogP contribution is -2.51. The lowest BCUT2D eigenvalue weighted by molar-refractivity contribution is -0.139. The minimum Gasteiger partial charge on any atom is -0.478 e. The van der Waals surface area contributed by atoms with Crippen LogP contribution in [0.3, 0.4) is 0 Å². The smallest absolute Gasteiger partial charge is 0.335 e. The minimum absolute atomic E-state index is 0.0551. The quantitative estimate of drug-likeness (QED) is 0.821. The number of sulfonamides is 1. The Morgan fingerprint density at radius 2 is 2.11 bits per heavy atom. The molecule has 1 N–H and O–H groups in total. The summed E-state index contributed by atoms with van der Waals surface area (Å²) < 4.78 is 33.8. The first-order chi connectivity index (χ1) is 12.7. The van der Waals surface area contributed by atoms with Gasteiger partial charge in [-0.3, -0.25) is 4.79 Å². The molecule has 1 amide bonds. The number of nitrogens with zero attached hydrogens (tertiary/aromatic N) is 2. The second kappa shape index (κ2) is 6.02. The van der Waals surface area contributed by atoms with Crippen molar-refractivity contribution in [1.29, 1.82) is 0 Å². The number of rotatable bonds is 4. The van der Waals surface area contributed by atoms with Crippen molar-refractivity contribution in [3.63, 3.8) is 0 Å². The molecule has 1 aromatic rings. The van der Waals surface area contributed by atoms with Crippen LogP contribution in [0.25, 0.3) is 0 Å². The van der Waals surface area contributed by atoms with Gasteiger partial charge in [0.05, 0.1) is 29.1 Å². The normalized spacial score (nSPS) is 30.8. The number of aromatic carboxylic acids is 1. The summed E-state index contributed by atoms with van der Waals surface area (Å²) in [4.78, 5) is 25.5. The molecule has 0 radical (unpaired) electrons. The lowest BCUT2D eigenvalue weighted by atomic mass is 10.0. The molecular formula is C18H22N2O6S. The Kier molecular flexibility index (Phi) is 4.10. The summed E-state index contributed by atoms with van der Waals surface area (Å²) in [6, 6.07) is 4.65. The molecule has 9 heteroatoms. The van der Waals surface area contributed by atoms with Crippen molar-refractivity contribution in [1.82, 2.24) is 9.21 Å². The number of carboxylic acids is 1. The van der Waals surface area contributed by atoms with Gasteiger partial charge >= 0.3 is 5.97 Å². The summed E-state index contributed by atoms with van der Waals surface area (Å²) in [5, 5.41) is 9.15. The molecular weight excluding hydrogens is 372 g/mol. The molecule has 3 saturated heterocycles. The molecule has 3 aliphatic rings. The maximum Gasteiger partial charge on any atom is 0.335 e. The van der Waals surface area contributed by atoms with Crippen LogP contribution in [0.4, 0.5) is 0 Å². The van der Waals surface area contributed by atoms with E-state index in [1.54, 1.807) is 4.90 Å². The third kappa shape index (κ3) is 2.52. The van der Waals surface area contributed by atoms with E-state index in [9.17, 15) is 18.0 Å². The molecule has 0 unspecified atom stereocenters. The van der Waals surface area contributed by atoms with Gasteiger partial charge in [-0.2, -0.15) is 4.31 Å². The van der Waals surface area contributed by atoms with E-state index in [1.165, 1.54) is 22.5 Å². The van der Waals surface area contributed by atoms with E-state index < -0.39 is 27.8 Å². The maximum atomic E-state index is 13.2. The van der Waals surface area contributed by atoms with Crippen LogP contribution >= 0.6 is 0 Å². The first kappa shape index (κ1) is 18.4. The Hall–Kier alpha value is -1.97. The molecule has 3 fully saturated rings. The number of amides is 1. The Labute approximate surface area is 157 Å². The van der Waals surface area contributed by atoms with E-state index in [0.717, 1.165) is 6.07 Å². The van der Waals surface area contributed by atoms with Gasteiger partial charge in [-0.1, -0.05) is 19.9 Å². The summed E-state index contributed by atoms with van der Waals surface area (Å²) in [6.45, 7) is 4.68. The highest BCUT2D eigenvalue weighted by atomic mass is 32.2. The second-order valence-electron chi connectivity index (χ2n) is 7.65. The monoisotopic (exact) mass is 394 g/mol. The van der Waals surface area contributed by atoms with E-state index in [2.05, 4.69) is 0 Å². The highest BCUT2D eigenvalue weighted by Gasteiger charge is 2.66. The van der Waals surface area contributed by atoms with Crippen LogP contribution in [-0.4, -0.2) is 65.6 Å². The molecule has 0 bridgehead atoms. The average molecular weight is 394 g/mol. The zero-order valence-electron chi connectivity index (χ0n) is 15.2. The van der Waals surface area contributed by atoms with E-state index in [1.807, 2.05) is 13.8 Å². The summed E-state index contributed by atoms with van der Waals surface area (Å²) in [5.74, 6) is -1.06. The fourth-order valence-electron chi connectivity index (χ4n) is 4.55. The Morgan fingerprint density at radius 1 is 1.37 bits per heavy atom. The fraction of sp³-hybridized carbons (Fsp3) is 0.556. The summed E-state index contributed by atoms with van der Waals surface area (Å²) >= 11 is 0. The molecule has 27 heavy (non-hydrogen) atoms. The molecule has 0 saturated carbocycles. The molecule has 4 rings (SSSR count). The average Bonchev–Trinajstić information content (AvgIpc) is 3.24. The number of carboxylic acid groups (broad SMARTS) is 1. The molecule has 0 aromatic heterocycles. The van der Waals surface area contributed by atoms with Gasteiger partial charge in [0, 0.05) is 19.4 Å². The zero-order chi connectivity index (χ0) is 19.6. The first-order valence-corrected chi connectivity index (χ1v) is 10.4. The molecule has 146 valence electrons. The van der Waals surface area contributed by atoms with Gasteiger partial charge in [-0.25, -0.2) is 13.2 Å². The zero-order valence-corrected chi connectivity index (χ0v) is 16.0. The third-order valence-corrected chi connectivity index (χ3v) is 7.80. The summed E-state index contributed by atoms with van der Waals surface area (Å²) in [5.41, 5.74) is -0.991. The van der Waals surface area contributed by atoms with Gasteiger partial charge in [0.1, 0.15) is 0 Å². The standard InChI is InChI=1S/C18H22N2O6S/c1-11(2)14-10-26-18-6-7-19(15(18)9-16(21)20(14)18)27(24,25)13-5-3-4-12(8-13)17(22)23/h3-5,8,11,14-15H,6-7,9-10H2,1-2H3,(H,22,23)/t14-,15+,18-/m0/s1. The van der Waals surface area contributed by atoms with Crippen molar-refractivity contribution < 1.29 is 27.9 Å². The lowest BCUT2D eigenvalue weighted by Gasteiger charge is -2.34. The van der Waals surface area contributed by atoms with Crippen molar-refractivity contribution in [2.45, 2.75) is 49.4 Å².